The van der Waals surface area contributed by atoms with Gasteiger partial charge >= 0.3 is 0 Å². The Hall–Kier alpha value is -6.92. The van der Waals surface area contributed by atoms with Gasteiger partial charge in [0, 0.05) is 43.4 Å². The molecule has 51 heavy (non-hydrogen) atoms. The molecule has 11 rings (SSSR count). The molecule has 1 unspecified atom stereocenters. The van der Waals surface area contributed by atoms with Gasteiger partial charge in [-0.3, -0.25) is 0 Å². The zero-order valence-corrected chi connectivity index (χ0v) is 27.1. The average Bonchev–Trinajstić information content (AvgIpc) is 3.89. The predicted octanol–water partition coefficient (Wildman–Crippen LogP) is 11.5. The molecule has 1 atom stereocenters. The van der Waals surface area contributed by atoms with E-state index >= 15 is 0 Å². The third-order valence-electron chi connectivity index (χ3n) is 9.97. The van der Waals surface area contributed by atoms with Crippen LogP contribution < -0.4 is 5.32 Å². The molecule has 7 aromatic carbocycles. The standard InChI is InChI=1S/C45H27N3O3/c1-2-11-26(12-3-1)43-46-44(33-17-10-22-38-41(33)32-14-5-7-20-36(32)50-38)48-45(47-43)34-18-8-16-30-29-24-23-27(25-39(29)51-42(30)34)28-15-9-21-37-40(28)31-13-4-6-19-35(31)49-37/h1-25,44H,(H,46,47,48). The number of para-hydroxylation sites is 3. The van der Waals surface area contributed by atoms with Crippen LogP contribution in [0.2, 0.25) is 0 Å². The third-order valence-corrected chi connectivity index (χ3v) is 9.97. The van der Waals surface area contributed by atoms with Gasteiger partial charge in [0.25, 0.3) is 0 Å². The number of nitrogens with zero attached hydrogens (tertiary/aromatic N) is 2. The monoisotopic (exact) mass is 657 g/mol. The Labute approximate surface area is 291 Å². The van der Waals surface area contributed by atoms with Crippen LogP contribution in [0.25, 0.3) is 76.9 Å². The molecule has 0 aliphatic carbocycles. The summed E-state index contributed by atoms with van der Waals surface area (Å²) in [6.07, 6.45) is -0.422. The summed E-state index contributed by atoms with van der Waals surface area (Å²) < 4.78 is 19.2. The topological polar surface area (TPSA) is 76.2 Å². The fourth-order valence-electron chi connectivity index (χ4n) is 7.66. The maximum atomic E-state index is 6.77. The van der Waals surface area contributed by atoms with Crippen molar-refractivity contribution in [3.8, 4) is 11.1 Å². The Morgan fingerprint density at radius 3 is 1.92 bits per heavy atom. The Morgan fingerprint density at radius 1 is 0.451 bits per heavy atom. The summed E-state index contributed by atoms with van der Waals surface area (Å²) in [6.45, 7) is 0. The molecule has 0 bridgehead atoms. The van der Waals surface area contributed by atoms with Crippen LogP contribution in [0.5, 0.6) is 0 Å². The number of nitrogens with one attached hydrogen (secondary N) is 1. The molecule has 6 nitrogen and oxygen atoms in total. The molecule has 6 heteroatoms. The summed E-state index contributed by atoms with van der Waals surface area (Å²) in [5.74, 6) is 1.34. The van der Waals surface area contributed by atoms with Gasteiger partial charge in [0.05, 0.1) is 5.56 Å². The highest BCUT2D eigenvalue weighted by atomic mass is 16.3. The quantitative estimate of drug-likeness (QED) is 0.204. The SMILES string of the molecule is c1ccc(C2=NC(c3cccc4c3oc3cc(-c5cccc6oc7ccccc7c56)ccc34)=NC(c3cccc4oc5ccccc5c34)N2)cc1. The third kappa shape index (κ3) is 4.30. The molecule has 3 aromatic heterocycles. The fourth-order valence-corrected chi connectivity index (χ4v) is 7.66. The van der Waals surface area contributed by atoms with E-state index in [-0.39, 0.29) is 0 Å². The Kier molecular flexibility index (Phi) is 5.92. The van der Waals surface area contributed by atoms with Gasteiger partial charge in [0.2, 0.25) is 0 Å². The second kappa shape index (κ2) is 10.8. The smallest absolute Gasteiger partial charge is 0.163 e. The van der Waals surface area contributed by atoms with E-state index in [4.69, 9.17) is 23.2 Å². The maximum Gasteiger partial charge on any atom is 0.163 e. The minimum absolute atomic E-state index is 0.422. The van der Waals surface area contributed by atoms with E-state index in [1.165, 1.54) is 0 Å². The van der Waals surface area contributed by atoms with Crippen molar-refractivity contribution < 1.29 is 13.3 Å². The normalized spacial score (nSPS) is 14.9. The molecule has 0 fully saturated rings. The van der Waals surface area contributed by atoms with Gasteiger partial charge < -0.3 is 18.6 Å². The number of hydrogen-bond donors (Lipinski definition) is 1. The van der Waals surface area contributed by atoms with Crippen LogP contribution in [0.4, 0.5) is 0 Å². The van der Waals surface area contributed by atoms with Gasteiger partial charge in [-0.1, -0.05) is 109 Å². The van der Waals surface area contributed by atoms with Crippen molar-refractivity contribution in [1.82, 2.24) is 5.32 Å². The summed E-state index contributed by atoms with van der Waals surface area (Å²) in [6, 6.07) is 51.5. The first-order chi connectivity index (χ1) is 25.3. The van der Waals surface area contributed by atoms with E-state index in [1.807, 2.05) is 78.9 Å². The summed E-state index contributed by atoms with van der Waals surface area (Å²) in [5.41, 5.74) is 9.94. The van der Waals surface area contributed by atoms with Crippen molar-refractivity contribution in [3.63, 3.8) is 0 Å². The number of hydrogen-bond acceptors (Lipinski definition) is 6. The second-order valence-corrected chi connectivity index (χ2v) is 12.9. The van der Waals surface area contributed by atoms with Gasteiger partial charge in [-0.2, -0.15) is 0 Å². The molecule has 1 aliphatic rings. The zero-order chi connectivity index (χ0) is 33.5. The number of rotatable bonds is 4. The molecule has 240 valence electrons. The second-order valence-electron chi connectivity index (χ2n) is 12.9. The molecule has 1 aliphatic heterocycles. The van der Waals surface area contributed by atoms with Gasteiger partial charge in [0.1, 0.15) is 45.5 Å². The van der Waals surface area contributed by atoms with Crippen LogP contribution >= 0.6 is 0 Å². The van der Waals surface area contributed by atoms with E-state index in [0.717, 1.165) is 99.5 Å². The van der Waals surface area contributed by atoms with Gasteiger partial charge in [-0.05, 0) is 53.6 Å². The van der Waals surface area contributed by atoms with E-state index in [9.17, 15) is 0 Å². The van der Waals surface area contributed by atoms with Crippen LogP contribution in [0.1, 0.15) is 22.9 Å². The van der Waals surface area contributed by atoms with E-state index in [2.05, 4.69) is 78.1 Å². The number of amidine groups is 2. The molecular formula is C45H27N3O3. The van der Waals surface area contributed by atoms with Crippen molar-refractivity contribution in [2.75, 3.05) is 0 Å². The van der Waals surface area contributed by atoms with E-state index in [1.54, 1.807) is 0 Å². The number of aliphatic imine (C=N–C) groups is 2. The van der Waals surface area contributed by atoms with Crippen molar-refractivity contribution in [3.05, 3.63) is 168 Å². The Bertz CT molecular complexity index is 3070. The molecule has 1 N–H and O–H groups in total. The first-order valence-corrected chi connectivity index (χ1v) is 17.0. The molecule has 10 aromatic rings. The van der Waals surface area contributed by atoms with Crippen molar-refractivity contribution >= 4 is 77.5 Å². The molecule has 0 saturated heterocycles. The maximum absolute atomic E-state index is 6.77. The van der Waals surface area contributed by atoms with Crippen LogP contribution in [0.15, 0.2) is 175 Å². The van der Waals surface area contributed by atoms with E-state index < -0.39 is 6.17 Å². The summed E-state index contributed by atoms with van der Waals surface area (Å²) in [4.78, 5) is 10.4. The molecule has 0 radical (unpaired) electrons. The summed E-state index contributed by atoms with van der Waals surface area (Å²) in [5, 5.41) is 9.98. The Morgan fingerprint density at radius 2 is 1.10 bits per heavy atom. The molecule has 0 saturated carbocycles. The first-order valence-electron chi connectivity index (χ1n) is 17.0. The van der Waals surface area contributed by atoms with Gasteiger partial charge in [0.15, 0.2) is 5.84 Å². The van der Waals surface area contributed by atoms with Gasteiger partial charge in [-0.15, -0.1) is 0 Å². The first kappa shape index (κ1) is 28.0. The van der Waals surface area contributed by atoms with Gasteiger partial charge in [-0.25, -0.2) is 9.98 Å². The van der Waals surface area contributed by atoms with Crippen molar-refractivity contribution in [2.45, 2.75) is 6.17 Å². The lowest BCUT2D eigenvalue weighted by atomic mass is 9.98. The van der Waals surface area contributed by atoms with Crippen LogP contribution in [0.3, 0.4) is 0 Å². The molecule has 0 spiro atoms. The molecular weight excluding hydrogens is 631 g/mol. The van der Waals surface area contributed by atoms with Crippen LogP contribution in [-0.4, -0.2) is 11.7 Å². The van der Waals surface area contributed by atoms with Crippen LogP contribution in [0, 0.1) is 0 Å². The van der Waals surface area contributed by atoms with Crippen molar-refractivity contribution in [2.24, 2.45) is 9.98 Å². The number of furan rings is 3. The van der Waals surface area contributed by atoms with Crippen molar-refractivity contribution in [1.29, 1.82) is 0 Å². The molecule has 0 amide bonds. The summed E-state index contributed by atoms with van der Waals surface area (Å²) in [7, 11) is 0. The Balaban J connectivity index is 1.10. The van der Waals surface area contributed by atoms with Crippen LogP contribution in [-0.2, 0) is 0 Å². The summed E-state index contributed by atoms with van der Waals surface area (Å²) >= 11 is 0. The highest BCUT2D eigenvalue weighted by molar-refractivity contribution is 6.20. The largest absolute Gasteiger partial charge is 0.456 e. The minimum atomic E-state index is -0.422. The highest BCUT2D eigenvalue weighted by Crippen LogP contribution is 2.40. The fraction of sp³-hybridized carbons (Fsp3) is 0.0222. The lowest BCUT2D eigenvalue weighted by Gasteiger charge is -2.24. The predicted molar refractivity (Wildman–Crippen MR) is 206 cm³/mol. The number of fused-ring (bicyclic) bond motifs is 9. The van der Waals surface area contributed by atoms with E-state index in [0.29, 0.717) is 5.84 Å². The lowest BCUT2D eigenvalue weighted by molar-refractivity contribution is 0.660. The minimum Gasteiger partial charge on any atom is -0.456 e. The zero-order valence-electron chi connectivity index (χ0n) is 27.1. The number of benzene rings is 7. The lowest BCUT2D eigenvalue weighted by Crippen LogP contribution is -2.33. The average molecular weight is 658 g/mol. The highest BCUT2D eigenvalue weighted by Gasteiger charge is 2.26. The molecule has 4 heterocycles.